The fourth-order valence-electron chi connectivity index (χ4n) is 3.09. The molecule has 0 amide bonds. The van der Waals surface area contributed by atoms with Crippen LogP contribution >= 0.6 is 11.3 Å². The molecule has 0 saturated carbocycles. The largest absolute Gasteiger partial charge is 0.469 e. The lowest BCUT2D eigenvalue weighted by molar-refractivity contribution is -0.140. The van der Waals surface area contributed by atoms with Crippen molar-refractivity contribution in [2.45, 2.75) is 52.4 Å². The first-order valence-corrected chi connectivity index (χ1v) is 8.41. The van der Waals surface area contributed by atoms with Gasteiger partial charge in [-0.25, -0.2) is 4.98 Å². The van der Waals surface area contributed by atoms with E-state index in [4.69, 9.17) is 9.72 Å². The molecule has 0 bridgehead atoms. The molecular formula is C16H22N2O2S. The van der Waals surface area contributed by atoms with Gasteiger partial charge in [0.25, 0.3) is 0 Å². The van der Waals surface area contributed by atoms with Crippen molar-refractivity contribution in [1.29, 1.82) is 0 Å². The van der Waals surface area contributed by atoms with Gasteiger partial charge in [0.2, 0.25) is 0 Å². The summed E-state index contributed by atoms with van der Waals surface area (Å²) in [5.74, 6) is -0.129. The molecule has 5 heteroatoms. The van der Waals surface area contributed by atoms with Gasteiger partial charge in [0, 0.05) is 23.2 Å². The van der Waals surface area contributed by atoms with Crippen LogP contribution in [-0.4, -0.2) is 22.5 Å². The Morgan fingerprint density at radius 2 is 2.33 bits per heavy atom. The zero-order chi connectivity index (χ0) is 15.0. The molecular weight excluding hydrogens is 284 g/mol. The van der Waals surface area contributed by atoms with Crippen molar-refractivity contribution >= 4 is 22.3 Å². The van der Waals surface area contributed by atoms with E-state index in [1.807, 2.05) is 0 Å². The number of rotatable bonds is 4. The Morgan fingerprint density at radius 3 is 3.10 bits per heavy atom. The van der Waals surface area contributed by atoms with Crippen LogP contribution in [0.5, 0.6) is 0 Å². The highest BCUT2D eigenvalue weighted by atomic mass is 32.1. The lowest BCUT2D eigenvalue weighted by Gasteiger charge is -2.29. The van der Waals surface area contributed by atoms with E-state index < -0.39 is 0 Å². The SMILES string of the molecule is COC(=O)CCCc1csc2nc3c(n12)CC(C)(C)CC3. The third-order valence-corrected chi connectivity index (χ3v) is 5.21. The van der Waals surface area contributed by atoms with E-state index in [0.29, 0.717) is 11.8 Å². The first kappa shape index (κ1) is 14.6. The second kappa shape index (κ2) is 5.44. The average Bonchev–Trinajstić information content (AvgIpc) is 2.98. The lowest BCUT2D eigenvalue weighted by atomic mass is 9.78. The molecule has 4 nitrogen and oxygen atoms in total. The maximum atomic E-state index is 11.2. The molecule has 0 aliphatic heterocycles. The Hall–Kier alpha value is -1.36. The van der Waals surface area contributed by atoms with Crippen LogP contribution in [0, 0.1) is 5.41 Å². The number of nitrogens with zero attached hydrogens (tertiary/aromatic N) is 2. The van der Waals surface area contributed by atoms with Crippen molar-refractivity contribution in [3.05, 3.63) is 22.5 Å². The summed E-state index contributed by atoms with van der Waals surface area (Å²) in [6, 6.07) is 0. The summed E-state index contributed by atoms with van der Waals surface area (Å²) in [5, 5.41) is 2.18. The molecule has 0 N–H and O–H groups in total. The maximum Gasteiger partial charge on any atom is 0.305 e. The van der Waals surface area contributed by atoms with Crippen LogP contribution in [0.3, 0.4) is 0 Å². The van der Waals surface area contributed by atoms with Crippen LogP contribution in [0.1, 0.15) is 50.2 Å². The van der Waals surface area contributed by atoms with Crippen LogP contribution in [0.25, 0.3) is 4.96 Å². The third kappa shape index (κ3) is 2.84. The van der Waals surface area contributed by atoms with E-state index in [1.54, 1.807) is 11.3 Å². The number of imidazole rings is 1. The maximum absolute atomic E-state index is 11.2. The van der Waals surface area contributed by atoms with Crippen molar-refractivity contribution in [2.75, 3.05) is 7.11 Å². The number of hydrogen-bond donors (Lipinski definition) is 0. The Labute approximate surface area is 129 Å². The number of ether oxygens (including phenoxy) is 1. The number of methoxy groups -OCH3 is 1. The molecule has 1 aliphatic carbocycles. The molecule has 0 fully saturated rings. The highest BCUT2D eigenvalue weighted by molar-refractivity contribution is 7.15. The monoisotopic (exact) mass is 306 g/mol. The van der Waals surface area contributed by atoms with E-state index in [2.05, 4.69) is 23.6 Å². The molecule has 0 radical (unpaired) electrons. The van der Waals surface area contributed by atoms with Gasteiger partial charge in [-0.05, 0) is 37.5 Å². The van der Waals surface area contributed by atoms with Gasteiger partial charge in [-0.1, -0.05) is 13.8 Å². The first-order valence-electron chi connectivity index (χ1n) is 7.53. The normalized spacial score (nSPS) is 16.9. The molecule has 0 spiro atoms. The Balaban J connectivity index is 1.84. The number of carbonyl (C=O) groups is 1. The highest BCUT2D eigenvalue weighted by Gasteiger charge is 2.29. The summed E-state index contributed by atoms with van der Waals surface area (Å²) >= 11 is 1.71. The van der Waals surface area contributed by atoms with E-state index in [1.165, 1.54) is 30.6 Å². The fraction of sp³-hybridized carbons (Fsp3) is 0.625. The zero-order valence-electron chi connectivity index (χ0n) is 12.9. The molecule has 2 aromatic rings. The van der Waals surface area contributed by atoms with Crippen molar-refractivity contribution < 1.29 is 9.53 Å². The van der Waals surface area contributed by atoms with Gasteiger partial charge in [-0.2, -0.15) is 0 Å². The fourth-order valence-corrected chi connectivity index (χ4v) is 4.05. The molecule has 2 aromatic heterocycles. The Kier molecular flexibility index (Phi) is 3.78. The van der Waals surface area contributed by atoms with E-state index in [0.717, 1.165) is 30.6 Å². The number of thiazole rings is 1. The van der Waals surface area contributed by atoms with Crippen molar-refractivity contribution in [2.24, 2.45) is 5.41 Å². The molecule has 0 saturated heterocycles. The summed E-state index contributed by atoms with van der Waals surface area (Å²) in [6.07, 6.45) is 5.59. The smallest absolute Gasteiger partial charge is 0.305 e. The molecule has 0 unspecified atom stereocenters. The average molecular weight is 306 g/mol. The van der Waals surface area contributed by atoms with Gasteiger partial charge in [0.1, 0.15) is 0 Å². The molecule has 2 heterocycles. The molecule has 114 valence electrons. The minimum atomic E-state index is -0.129. The van der Waals surface area contributed by atoms with E-state index in [-0.39, 0.29) is 5.97 Å². The number of hydrogen-bond acceptors (Lipinski definition) is 4. The summed E-state index contributed by atoms with van der Waals surface area (Å²) in [7, 11) is 1.44. The predicted molar refractivity (Wildman–Crippen MR) is 83.8 cm³/mol. The number of esters is 1. The van der Waals surface area contributed by atoms with E-state index >= 15 is 0 Å². The van der Waals surface area contributed by atoms with Crippen LogP contribution in [0.15, 0.2) is 5.38 Å². The van der Waals surface area contributed by atoms with Gasteiger partial charge < -0.3 is 4.74 Å². The third-order valence-electron chi connectivity index (χ3n) is 4.34. The molecule has 0 aromatic carbocycles. The zero-order valence-corrected chi connectivity index (χ0v) is 13.8. The van der Waals surface area contributed by atoms with Crippen molar-refractivity contribution in [1.82, 2.24) is 9.38 Å². The van der Waals surface area contributed by atoms with Gasteiger partial charge in [-0.3, -0.25) is 9.20 Å². The van der Waals surface area contributed by atoms with Gasteiger partial charge in [0.15, 0.2) is 4.96 Å². The van der Waals surface area contributed by atoms with Gasteiger partial charge in [-0.15, -0.1) is 11.3 Å². The van der Waals surface area contributed by atoms with Gasteiger partial charge >= 0.3 is 5.97 Å². The quantitative estimate of drug-likeness (QED) is 0.813. The first-order chi connectivity index (χ1) is 10.00. The predicted octanol–water partition coefficient (Wildman–Crippen LogP) is 3.41. The van der Waals surface area contributed by atoms with Crippen molar-refractivity contribution in [3.8, 4) is 0 Å². The number of carbonyl (C=O) groups excluding carboxylic acids is 1. The highest BCUT2D eigenvalue weighted by Crippen LogP contribution is 2.36. The molecule has 21 heavy (non-hydrogen) atoms. The second-order valence-corrected chi connectivity index (χ2v) is 7.46. The summed E-state index contributed by atoms with van der Waals surface area (Å²) in [5.41, 5.74) is 4.30. The topological polar surface area (TPSA) is 43.6 Å². The van der Waals surface area contributed by atoms with Crippen LogP contribution in [0.4, 0.5) is 0 Å². The molecule has 0 atom stereocenters. The minimum Gasteiger partial charge on any atom is -0.469 e. The summed E-state index contributed by atoms with van der Waals surface area (Å²) in [4.78, 5) is 17.1. The lowest BCUT2D eigenvalue weighted by Crippen LogP contribution is -2.23. The second-order valence-electron chi connectivity index (χ2n) is 6.62. The minimum absolute atomic E-state index is 0.129. The summed E-state index contributed by atoms with van der Waals surface area (Å²) in [6.45, 7) is 4.66. The Bertz CT molecular complexity index is 669. The van der Waals surface area contributed by atoms with Crippen LogP contribution in [0.2, 0.25) is 0 Å². The summed E-state index contributed by atoms with van der Waals surface area (Å²) < 4.78 is 7.04. The molecule has 3 rings (SSSR count). The number of aryl methyl sites for hydroxylation is 2. The van der Waals surface area contributed by atoms with Crippen LogP contribution < -0.4 is 0 Å². The van der Waals surface area contributed by atoms with E-state index in [9.17, 15) is 4.79 Å². The number of fused-ring (bicyclic) bond motifs is 3. The number of aromatic nitrogens is 2. The van der Waals surface area contributed by atoms with Crippen molar-refractivity contribution in [3.63, 3.8) is 0 Å². The van der Waals surface area contributed by atoms with Gasteiger partial charge in [0.05, 0.1) is 12.8 Å². The molecule has 1 aliphatic rings. The van der Waals surface area contributed by atoms with Crippen LogP contribution in [-0.2, 0) is 28.8 Å². The Morgan fingerprint density at radius 1 is 1.52 bits per heavy atom. The standard InChI is InChI=1S/C16H22N2O2S/c1-16(2)8-7-12-13(9-16)18-11(10-21-15(18)17-12)5-4-6-14(19)20-3/h10H,4-9H2,1-3H3.